The first-order valence-corrected chi connectivity index (χ1v) is 9.47. The number of nitrogens with one attached hydrogen (secondary N) is 2. The van der Waals surface area contributed by atoms with E-state index in [1.54, 1.807) is 31.2 Å². The van der Waals surface area contributed by atoms with E-state index in [2.05, 4.69) is 53.5 Å². The first-order chi connectivity index (χ1) is 13.7. The van der Waals surface area contributed by atoms with Gasteiger partial charge >= 0.3 is 0 Å². The Hall–Kier alpha value is -3.28. The molecule has 0 unspecified atom stereocenters. The lowest BCUT2D eigenvalue weighted by molar-refractivity contribution is 0.0945. The number of carbonyl (C=O) groups is 1. The van der Waals surface area contributed by atoms with Gasteiger partial charge in [0.1, 0.15) is 11.5 Å². The number of rotatable bonds is 5. The molecule has 0 spiro atoms. The molecule has 0 bridgehead atoms. The van der Waals surface area contributed by atoms with Crippen LogP contribution in [0.15, 0.2) is 54.6 Å². The fourth-order valence-electron chi connectivity index (χ4n) is 2.83. The monoisotopic (exact) mass is 392 g/mol. The molecular weight excluding hydrogens is 367 g/mol. The van der Waals surface area contributed by atoms with Gasteiger partial charge in [0.25, 0.3) is 5.91 Å². The topological polar surface area (TPSA) is 66.9 Å². The van der Waals surface area contributed by atoms with Crippen molar-refractivity contribution in [2.45, 2.75) is 39.7 Å². The number of amides is 1. The highest BCUT2D eigenvalue weighted by Gasteiger charge is 2.14. The highest BCUT2D eigenvalue weighted by molar-refractivity contribution is 5.92. The highest BCUT2D eigenvalue weighted by Crippen LogP contribution is 2.24. The van der Waals surface area contributed by atoms with Gasteiger partial charge in [0.2, 0.25) is 5.95 Å². The molecule has 1 aromatic heterocycles. The van der Waals surface area contributed by atoms with Crippen LogP contribution in [0.25, 0.3) is 0 Å². The molecule has 0 atom stereocenters. The van der Waals surface area contributed by atoms with Gasteiger partial charge in [0.15, 0.2) is 0 Å². The first-order valence-electron chi connectivity index (χ1n) is 9.47. The minimum Gasteiger partial charge on any atom is -0.347 e. The Bertz CT molecular complexity index is 1010. The third kappa shape index (κ3) is 5.38. The van der Waals surface area contributed by atoms with Crippen LogP contribution in [0.2, 0.25) is 0 Å². The van der Waals surface area contributed by atoms with Gasteiger partial charge in [-0.1, -0.05) is 51.1 Å². The standard InChI is InChI=1S/C23H25FN4O/c1-15-13-20(21(29)25-14-16-7-5-6-8-19(16)24)28-22(26-15)27-18-11-9-17(10-12-18)23(2,3)4/h5-13H,14H2,1-4H3,(H,25,29)(H,26,27,28). The second-order valence-electron chi connectivity index (χ2n) is 7.94. The Morgan fingerprint density at radius 1 is 1.03 bits per heavy atom. The second kappa shape index (κ2) is 8.39. The zero-order chi connectivity index (χ0) is 21.0. The van der Waals surface area contributed by atoms with E-state index in [1.807, 2.05) is 12.1 Å². The van der Waals surface area contributed by atoms with Crippen LogP contribution in [-0.2, 0) is 12.0 Å². The summed E-state index contributed by atoms with van der Waals surface area (Å²) in [6.07, 6.45) is 0. The Kier molecular flexibility index (Phi) is 5.92. The number of hydrogen-bond donors (Lipinski definition) is 2. The normalized spacial score (nSPS) is 11.2. The molecule has 0 radical (unpaired) electrons. The number of aryl methyl sites for hydroxylation is 1. The molecule has 2 N–H and O–H groups in total. The fourth-order valence-corrected chi connectivity index (χ4v) is 2.83. The summed E-state index contributed by atoms with van der Waals surface area (Å²) in [4.78, 5) is 21.1. The molecule has 150 valence electrons. The summed E-state index contributed by atoms with van der Waals surface area (Å²) in [6.45, 7) is 8.36. The lowest BCUT2D eigenvalue weighted by Gasteiger charge is -2.19. The van der Waals surface area contributed by atoms with Crippen LogP contribution in [0.3, 0.4) is 0 Å². The average molecular weight is 392 g/mol. The lowest BCUT2D eigenvalue weighted by Crippen LogP contribution is -2.25. The molecular formula is C23H25FN4O. The number of aromatic nitrogens is 2. The van der Waals surface area contributed by atoms with Crippen LogP contribution in [-0.4, -0.2) is 15.9 Å². The summed E-state index contributed by atoms with van der Waals surface area (Å²) >= 11 is 0. The number of nitrogens with zero attached hydrogens (tertiary/aromatic N) is 2. The summed E-state index contributed by atoms with van der Waals surface area (Å²) in [7, 11) is 0. The van der Waals surface area contributed by atoms with Crippen molar-refractivity contribution >= 4 is 17.5 Å². The van der Waals surface area contributed by atoms with E-state index < -0.39 is 0 Å². The molecule has 3 aromatic rings. The maximum atomic E-state index is 13.7. The van der Waals surface area contributed by atoms with Crippen molar-refractivity contribution < 1.29 is 9.18 Å². The molecule has 1 amide bonds. The number of hydrogen-bond acceptors (Lipinski definition) is 4. The molecule has 0 aliphatic rings. The van der Waals surface area contributed by atoms with E-state index in [-0.39, 0.29) is 29.4 Å². The van der Waals surface area contributed by atoms with E-state index >= 15 is 0 Å². The van der Waals surface area contributed by atoms with Crippen molar-refractivity contribution in [1.82, 2.24) is 15.3 Å². The van der Waals surface area contributed by atoms with E-state index in [0.717, 1.165) is 5.69 Å². The van der Waals surface area contributed by atoms with Gasteiger partial charge < -0.3 is 10.6 Å². The van der Waals surface area contributed by atoms with Gasteiger partial charge in [-0.05, 0) is 42.2 Å². The summed E-state index contributed by atoms with van der Waals surface area (Å²) in [5, 5.41) is 5.84. The first kappa shape index (κ1) is 20.5. The maximum absolute atomic E-state index is 13.7. The number of carbonyl (C=O) groups excluding carboxylic acids is 1. The van der Waals surface area contributed by atoms with Crippen LogP contribution in [0, 0.1) is 12.7 Å². The van der Waals surface area contributed by atoms with Crippen LogP contribution in [0.4, 0.5) is 16.0 Å². The Morgan fingerprint density at radius 2 is 1.72 bits per heavy atom. The van der Waals surface area contributed by atoms with Gasteiger partial charge in [-0.2, -0.15) is 0 Å². The second-order valence-corrected chi connectivity index (χ2v) is 7.94. The summed E-state index contributed by atoms with van der Waals surface area (Å²) in [5.74, 6) is -0.401. The average Bonchev–Trinajstić information content (AvgIpc) is 2.66. The molecule has 5 nitrogen and oxygen atoms in total. The van der Waals surface area contributed by atoms with Crippen LogP contribution >= 0.6 is 0 Å². The van der Waals surface area contributed by atoms with Gasteiger partial charge in [-0.3, -0.25) is 4.79 Å². The van der Waals surface area contributed by atoms with Gasteiger partial charge in [-0.25, -0.2) is 14.4 Å². The molecule has 6 heteroatoms. The Morgan fingerprint density at radius 3 is 2.38 bits per heavy atom. The predicted octanol–water partition coefficient (Wildman–Crippen LogP) is 4.90. The van der Waals surface area contributed by atoms with Gasteiger partial charge in [-0.15, -0.1) is 0 Å². The molecule has 2 aromatic carbocycles. The zero-order valence-electron chi connectivity index (χ0n) is 17.1. The third-order valence-electron chi connectivity index (χ3n) is 4.49. The fraction of sp³-hybridized carbons (Fsp3) is 0.261. The van der Waals surface area contributed by atoms with Crippen molar-refractivity contribution in [2.24, 2.45) is 0 Å². The number of halogens is 1. The summed E-state index contributed by atoms with van der Waals surface area (Å²) < 4.78 is 13.7. The van der Waals surface area contributed by atoms with E-state index in [0.29, 0.717) is 17.2 Å². The van der Waals surface area contributed by atoms with Crippen LogP contribution in [0.1, 0.15) is 48.1 Å². The zero-order valence-corrected chi connectivity index (χ0v) is 17.1. The van der Waals surface area contributed by atoms with E-state index in [4.69, 9.17) is 0 Å². The number of anilines is 2. The smallest absolute Gasteiger partial charge is 0.270 e. The molecule has 0 aliphatic carbocycles. The largest absolute Gasteiger partial charge is 0.347 e. The van der Waals surface area contributed by atoms with Crippen molar-refractivity contribution in [3.63, 3.8) is 0 Å². The van der Waals surface area contributed by atoms with Crippen LogP contribution < -0.4 is 10.6 Å². The molecule has 0 saturated carbocycles. The SMILES string of the molecule is Cc1cc(C(=O)NCc2ccccc2F)nc(Nc2ccc(C(C)(C)C)cc2)n1. The van der Waals surface area contributed by atoms with E-state index in [9.17, 15) is 9.18 Å². The quantitative estimate of drug-likeness (QED) is 0.648. The van der Waals surface area contributed by atoms with Crippen LogP contribution in [0.5, 0.6) is 0 Å². The minimum absolute atomic E-state index is 0.0713. The molecule has 1 heterocycles. The minimum atomic E-state index is -0.384. The molecule has 0 aliphatic heterocycles. The van der Waals surface area contributed by atoms with Crippen molar-refractivity contribution in [3.05, 3.63) is 82.9 Å². The van der Waals surface area contributed by atoms with Gasteiger partial charge in [0, 0.05) is 23.5 Å². The summed E-state index contributed by atoms with van der Waals surface area (Å²) in [6, 6.07) is 16.0. The molecule has 0 fully saturated rings. The van der Waals surface area contributed by atoms with Crippen molar-refractivity contribution in [1.29, 1.82) is 0 Å². The third-order valence-corrected chi connectivity index (χ3v) is 4.49. The van der Waals surface area contributed by atoms with Gasteiger partial charge in [0.05, 0.1) is 0 Å². The highest BCUT2D eigenvalue weighted by atomic mass is 19.1. The lowest BCUT2D eigenvalue weighted by atomic mass is 9.87. The maximum Gasteiger partial charge on any atom is 0.270 e. The summed E-state index contributed by atoms with van der Waals surface area (Å²) in [5.41, 5.74) is 3.43. The Labute approximate surface area is 170 Å². The van der Waals surface area contributed by atoms with E-state index in [1.165, 1.54) is 11.6 Å². The molecule has 0 saturated heterocycles. The molecule has 29 heavy (non-hydrogen) atoms. The van der Waals surface area contributed by atoms with Crippen molar-refractivity contribution in [2.75, 3.05) is 5.32 Å². The molecule has 3 rings (SSSR count). The number of benzene rings is 2. The predicted molar refractivity (Wildman–Crippen MR) is 113 cm³/mol. The van der Waals surface area contributed by atoms with Crippen molar-refractivity contribution in [3.8, 4) is 0 Å². The Balaban J connectivity index is 1.72.